The summed E-state index contributed by atoms with van der Waals surface area (Å²) < 4.78 is 26.6. The predicted octanol–water partition coefficient (Wildman–Crippen LogP) is 3.61. The maximum absolute atomic E-state index is 13.3. The molecule has 0 radical (unpaired) electrons. The van der Waals surface area contributed by atoms with Gasteiger partial charge in [0.25, 0.3) is 0 Å². The molecule has 0 saturated heterocycles. The third-order valence-electron chi connectivity index (χ3n) is 3.65. The molecule has 18 heavy (non-hydrogen) atoms. The Hall–Kier alpha value is -1.03. The molecule has 0 aliphatic heterocycles. The van der Waals surface area contributed by atoms with E-state index in [0.29, 0.717) is 12.8 Å². The molecule has 0 spiro atoms. The lowest BCUT2D eigenvalue weighted by Gasteiger charge is -2.30. The minimum Gasteiger partial charge on any atom is -0.324 e. The lowest BCUT2D eigenvalue weighted by Crippen LogP contribution is -2.28. The van der Waals surface area contributed by atoms with Crippen LogP contribution >= 0.6 is 0 Å². The summed E-state index contributed by atoms with van der Waals surface area (Å²) in [6, 6.07) is 1.80. The van der Waals surface area contributed by atoms with Crippen molar-refractivity contribution in [3.63, 3.8) is 0 Å². The highest BCUT2D eigenvalue weighted by Crippen LogP contribution is 2.39. The van der Waals surface area contributed by atoms with Crippen LogP contribution in [0, 0.1) is 12.8 Å². The van der Waals surface area contributed by atoms with Crippen LogP contribution in [0.15, 0.2) is 18.5 Å². The predicted molar refractivity (Wildman–Crippen MR) is 67.4 cm³/mol. The Bertz CT molecular complexity index is 407. The van der Waals surface area contributed by atoms with Crippen LogP contribution in [0.5, 0.6) is 0 Å². The number of hydrogen-bond acceptors (Lipinski definition) is 2. The van der Waals surface area contributed by atoms with E-state index in [1.54, 1.807) is 12.4 Å². The second kappa shape index (κ2) is 5.31. The first-order valence-electron chi connectivity index (χ1n) is 6.51. The van der Waals surface area contributed by atoms with E-state index in [0.717, 1.165) is 17.5 Å². The van der Waals surface area contributed by atoms with Crippen molar-refractivity contribution >= 4 is 0 Å². The molecule has 0 aromatic carbocycles. The third-order valence-corrected chi connectivity index (χ3v) is 3.65. The quantitative estimate of drug-likeness (QED) is 0.895. The molecule has 1 aromatic rings. The first-order chi connectivity index (χ1) is 8.46. The summed E-state index contributed by atoms with van der Waals surface area (Å²) >= 11 is 0. The SMILES string of the molecule is Cc1cncc(C(N)CC2CCCC(F)(F)C2)c1. The molecule has 1 aliphatic carbocycles. The fourth-order valence-corrected chi connectivity index (χ4v) is 2.75. The van der Waals surface area contributed by atoms with Gasteiger partial charge in [0, 0.05) is 31.3 Å². The van der Waals surface area contributed by atoms with Crippen LogP contribution in [0.4, 0.5) is 8.78 Å². The van der Waals surface area contributed by atoms with E-state index in [1.807, 2.05) is 13.0 Å². The number of rotatable bonds is 3. The van der Waals surface area contributed by atoms with Crippen molar-refractivity contribution in [2.24, 2.45) is 11.7 Å². The van der Waals surface area contributed by atoms with Gasteiger partial charge in [-0.1, -0.05) is 6.07 Å². The van der Waals surface area contributed by atoms with Crippen molar-refractivity contribution in [3.05, 3.63) is 29.6 Å². The van der Waals surface area contributed by atoms with Crippen LogP contribution < -0.4 is 5.73 Å². The van der Waals surface area contributed by atoms with Gasteiger partial charge in [0.2, 0.25) is 5.92 Å². The molecule has 1 aliphatic rings. The van der Waals surface area contributed by atoms with Crippen molar-refractivity contribution in [1.82, 2.24) is 4.98 Å². The summed E-state index contributed by atoms with van der Waals surface area (Å²) in [7, 11) is 0. The molecule has 4 heteroatoms. The normalized spacial score (nSPS) is 24.8. The van der Waals surface area contributed by atoms with Crippen LogP contribution in [0.1, 0.15) is 49.3 Å². The Balaban J connectivity index is 1.97. The van der Waals surface area contributed by atoms with Gasteiger partial charge in [-0.3, -0.25) is 4.98 Å². The smallest absolute Gasteiger partial charge is 0.248 e. The zero-order valence-electron chi connectivity index (χ0n) is 10.7. The van der Waals surface area contributed by atoms with Gasteiger partial charge >= 0.3 is 0 Å². The van der Waals surface area contributed by atoms with Gasteiger partial charge in [0.15, 0.2) is 0 Å². The van der Waals surface area contributed by atoms with E-state index in [4.69, 9.17) is 5.73 Å². The molecular formula is C14H20F2N2. The summed E-state index contributed by atoms with van der Waals surface area (Å²) in [4.78, 5) is 4.10. The topological polar surface area (TPSA) is 38.9 Å². The van der Waals surface area contributed by atoms with Gasteiger partial charge in [-0.2, -0.15) is 0 Å². The molecule has 1 fully saturated rings. The molecule has 1 saturated carbocycles. The molecule has 100 valence electrons. The first-order valence-corrected chi connectivity index (χ1v) is 6.51. The van der Waals surface area contributed by atoms with E-state index in [2.05, 4.69) is 4.98 Å². The van der Waals surface area contributed by atoms with E-state index in [1.165, 1.54) is 0 Å². The van der Waals surface area contributed by atoms with E-state index < -0.39 is 5.92 Å². The second-order valence-corrected chi connectivity index (χ2v) is 5.46. The molecular weight excluding hydrogens is 234 g/mol. The summed E-state index contributed by atoms with van der Waals surface area (Å²) in [6.07, 6.45) is 5.62. The second-order valence-electron chi connectivity index (χ2n) is 5.46. The molecule has 2 rings (SSSR count). The Labute approximate surface area is 107 Å². The summed E-state index contributed by atoms with van der Waals surface area (Å²) in [5.41, 5.74) is 8.10. The maximum Gasteiger partial charge on any atom is 0.248 e. The van der Waals surface area contributed by atoms with Crippen molar-refractivity contribution in [1.29, 1.82) is 0 Å². The fourth-order valence-electron chi connectivity index (χ4n) is 2.75. The number of hydrogen-bond donors (Lipinski definition) is 1. The molecule has 0 amide bonds. The van der Waals surface area contributed by atoms with E-state index in [-0.39, 0.29) is 24.8 Å². The van der Waals surface area contributed by atoms with Crippen molar-refractivity contribution < 1.29 is 8.78 Å². The number of nitrogens with two attached hydrogens (primary N) is 1. The molecule has 0 bridgehead atoms. The van der Waals surface area contributed by atoms with Gasteiger partial charge in [-0.15, -0.1) is 0 Å². The van der Waals surface area contributed by atoms with E-state index >= 15 is 0 Å². The minimum atomic E-state index is -2.49. The van der Waals surface area contributed by atoms with Crippen molar-refractivity contribution in [3.8, 4) is 0 Å². The van der Waals surface area contributed by atoms with Crippen LogP contribution in [-0.2, 0) is 0 Å². The maximum atomic E-state index is 13.3. The summed E-state index contributed by atoms with van der Waals surface area (Å²) in [6.45, 7) is 1.96. The van der Waals surface area contributed by atoms with Gasteiger partial charge in [0.05, 0.1) is 0 Å². The number of aryl methyl sites for hydroxylation is 1. The van der Waals surface area contributed by atoms with E-state index in [9.17, 15) is 8.78 Å². The standard InChI is InChI=1S/C14H20F2N2/c1-10-5-12(9-18-8-10)13(17)6-11-3-2-4-14(15,16)7-11/h5,8-9,11,13H,2-4,6-7,17H2,1H3. The Morgan fingerprint density at radius 3 is 2.94 bits per heavy atom. The number of halogens is 2. The Morgan fingerprint density at radius 1 is 1.50 bits per heavy atom. The third kappa shape index (κ3) is 3.48. The van der Waals surface area contributed by atoms with Crippen LogP contribution in [0.25, 0.3) is 0 Å². The molecule has 1 heterocycles. The molecule has 2 N–H and O–H groups in total. The molecule has 2 nitrogen and oxygen atoms in total. The summed E-state index contributed by atoms with van der Waals surface area (Å²) in [5, 5.41) is 0. The zero-order valence-corrected chi connectivity index (χ0v) is 10.7. The Morgan fingerprint density at radius 2 is 2.28 bits per heavy atom. The average molecular weight is 254 g/mol. The first kappa shape index (κ1) is 13.4. The zero-order chi connectivity index (χ0) is 13.2. The van der Waals surface area contributed by atoms with Crippen LogP contribution in [-0.4, -0.2) is 10.9 Å². The van der Waals surface area contributed by atoms with Crippen molar-refractivity contribution in [2.75, 3.05) is 0 Å². The molecule has 2 unspecified atom stereocenters. The summed E-state index contributed by atoms with van der Waals surface area (Å²) in [5.74, 6) is -2.46. The largest absolute Gasteiger partial charge is 0.324 e. The van der Waals surface area contributed by atoms with Gasteiger partial charge < -0.3 is 5.73 Å². The molecule has 2 atom stereocenters. The fraction of sp³-hybridized carbons (Fsp3) is 0.643. The average Bonchev–Trinajstić information content (AvgIpc) is 2.27. The van der Waals surface area contributed by atoms with Gasteiger partial charge in [-0.05, 0) is 43.2 Å². The van der Waals surface area contributed by atoms with Crippen molar-refractivity contribution in [2.45, 2.75) is 51.0 Å². The lowest BCUT2D eigenvalue weighted by atomic mass is 9.82. The highest BCUT2D eigenvalue weighted by Gasteiger charge is 2.36. The number of aromatic nitrogens is 1. The van der Waals surface area contributed by atoms with Gasteiger partial charge in [-0.25, -0.2) is 8.78 Å². The minimum absolute atomic E-state index is 0.0139. The highest BCUT2D eigenvalue weighted by atomic mass is 19.3. The number of nitrogens with zero attached hydrogens (tertiary/aromatic N) is 1. The van der Waals surface area contributed by atoms with Crippen LogP contribution in [0.3, 0.4) is 0 Å². The number of pyridine rings is 1. The molecule has 1 aromatic heterocycles. The van der Waals surface area contributed by atoms with Gasteiger partial charge in [0.1, 0.15) is 0 Å². The lowest BCUT2D eigenvalue weighted by molar-refractivity contribution is -0.0543. The highest BCUT2D eigenvalue weighted by molar-refractivity contribution is 5.19. The Kier molecular flexibility index (Phi) is 3.95. The monoisotopic (exact) mass is 254 g/mol. The number of alkyl halides is 2. The van der Waals surface area contributed by atoms with Crippen LogP contribution in [0.2, 0.25) is 0 Å².